The van der Waals surface area contributed by atoms with Gasteiger partial charge in [0.15, 0.2) is 17.3 Å². The summed E-state index contributed by atoms with van der Waals surface area (Å²) in [6, 6.07) is 3.09. The molecule has 0 bridgehead atoms. The molecule has 0 aliphatic carbocycles. The van der Waals surface area contributed by atoms with Gasteiger partial charge in [-0.15, -0.1) is 0 Å². The van der Waals surface area contributed by atoms with Gasteiger partial charge in [-0.25, -0.2) is 18.9 Å². The van der Waals surface area contributed by atoms with E-state index < -0.39 is 0 Å². The summed E-state index contributed by atoms with van der Waals surface area (Å²) in [6.07, 6.45) is 9.42. The first-order valence-electron chi connectivity index (χ1n) is 13.1. The highest BCUT2D eigenvalue weighted by molar-refractivity contribution is 5.93. The van der Waals surface area contributed by atoms with Crippen molar-refractivity contribution in [2.24, 2.45) is 0 Å². The van der Waals surface area contributed by atoms with Crippen LogP contribution in [0.15, 0.2) is 24.8 Å². The number of H-pyrrole nitrogens is 1. The second-order valence-electron chi connectivity index (χ2n) is 10.5. The molecule has 2 aliphatic rings. The maximum absolute atomic E-state index is 16.2. The minimum Gasteiger partial charge on any atom is -0.381 e. The van der Waals surface area contributed by atoms with Crippen LogP contribution in [0.1, 0.15) is 56.6 Å². The van der Waals surface area contributed by atoms with Crippen molar-refractivity contribution in [3.05, 3.63) is 41.7 Å². The van der Waals surface area contributed by atoms with Crippen LogP contribution in [0.4, 0.5) is 10.2 Å². The van der Waals surface area contributed by atoms with Crippen molar-refractivity contribution >= 4 is 22.4 Å². The van der Waals surface area contributed by atoms with Crippen molar-refractivity contribution < 1.29 is 9.13 Å². The van der Waals surface area contributed by atoms with Crippen LogP contribution in [0.3, 0.4) is 0 Å². The largest absolute Gasteiger partial charge is 0.381 e. The molecule has 0 atom stereocenters. The third-order valence-corrected chi connectivity index (χ3v) is 7.71. The van der Waals surface area contributed by atoms with E-state index in [2.05, 4.69) is 50.2 Å². The number of piperidine rings is 1. The SMILES string of the molecule is Cc1cc(-c2[nH]c3cnc(N4CCC(NC5CCOCC5)CC4)c(F)c3c2C(C)C)cn2ncnc12. The Labute approximate surface area is 210 Å². The summed E-state index contributed by atoms with van der Waals surface area (Å²) in [5.41, 5.74) is 5.42. The van der Waals surface area contributed by atoms with Gasteiger partial charge in [0.1, 0.15) is 6.33 Å². The van der Waals surface area contributed by atoms with Crippen LogP contribution in [0.2, 0.25) is 0 Å². The number of pyridine rings is 2. The van der Waals surface area contributed by atoms with E-state index in [9.17, 15) is 0 Å². The molecule has 36 heavy (non-hydrogen) atoms. The zero-order valence-electron chi connectivity index (χ0n) is 21.2. The van der Waals surface area contributed by atoms with Crippen molar-refractivity contribution in [1.82, 2.24) is 29.9 Å². The molecule has 8 nitrogen and oxygen atoms in total. The lowest BCUT2D eigenvalue weighted by Gasteiger charge is -2.36. The summed E-state index contributed by atoms with van der Waals surface area (Å²) in [5.74, 6) is 0.357. The van der Waals surface area contributed by atoms with Crippen molar-refractivity contribution in [2.45, 2.75) is 64.5 Å². The fourth-order valence-electron chi connectivity index (χ4n) is 5.87. The monoisotopic (exact) mass is 491 g/mol. The highest BCUT2D eigenvalue weighted by Gasteiger charge is 2.28. The van der Waals surface area contributed by atoms with E-state index in [0.717, 1.165) is 85.5 Å². The van der Waals surface area contributed by atoms with Gasteiger partial charge >= 0.3 is 0 Å². The number of hydrogen-bond acceptors (Lipinski definition) is 6. The van der Waals surface area contributed by atoms with Crippen molar-refractivity contribution in [3.63, 3.8) is 0 Å². The van der Waals surface area contributed by atoms with E-state index in [0.29, 0.717) is 23.3 Å². The highest BCUT2D eigenvalue weighted by atomic mass is 19.1. The van der Waals surface area contributed by atoms with Gasteiger partial charge in [-0.05, 0) is 55.7 Å². The van der Waals surface area contributed by atoms with E-state index in [1.165, 1.54) is 0 Å². The van der Waals surface area contributed by atoms with Crippen LogP contribution in [-0.4, -0.2) is 63.0 Å². The van der Waals surface area contributed by atoms with Crippen LogP contribution < -0.4 is 10.2 Å². The first-order chi connectivity index (χ1) is 17.5. The molecule has 4 aromatic rings. The lowest BCUT2D eigenvalue weighted by atomic mass is 9.96. The Morgan fingerprint density at radius 3 is 2.61 bits per heavy atom. The molecule has 2 saturated heterocycles. The standard InChI is InChI=1S/C27H34FN7O/c1-16(2)22-23-21(33-25(22)18-12-17(3)26-30-15-31-35(26)14-18)13-29-27(24(23)28)34-8-4-19(5-9-34)32-20-6-10-36-11-7-20/h12-16,19-20,32-33H,4-11H2,1-3H3. The Kier molecular flexibility index (Phi) is 6.13. The predicted octanol–water partition coefficient (Wildman–Crippen LogP) is 4.58. The van der Waals surface area contributed by atoms with E-state index in [1.807, 2.05) is 13.1 Å². The van der Waals surface area contributed by atoms with E-state index in [-0.39, 0.29) is 11.7 Å². The number of nitrogens with zero attached hydrogens (tertiary/aromatic N) is 5. The smallest absolute Gasteiger partial charge is 0.175 e. The summed E-state index contributed by atoms with van der Waals surface area (Å²) in [4.78, 5) is 14.5. The second kappa shape index (κ2) is 9.44. The minimum atomic E-state index is -0.229. The van der Waals surface area contributed by atoms with Crippen LogP contribution in [0.25, 0.3) is 27.8 Å². The Bertz CT molecular complexity index is 1380. The van der Waals surface area contributed by atoms with Crippen molar-refractivity contribution in [2.75, 3.05) is 31.2 Å². The van der Waals surface area contributed by atoms with Gasteiger partial charge in [0.25, 0.3) is 0 Å². The number of fused-ring (bicyclic) bond motifs is 2. The number of nitrogens with one attached hydrogen (secondary N) is 2. The molecule has 0 radical (unpaired) electrons. The Morgan fingerprint density at radius 1 is 1.11 bits per heavy atom. The number of rotatable bonds is 5. The summed E-state index contributed by atoms with van der Waals surface area (Å²) in [5, 5.41) is 8.76. The summed E-state index contributed by atoms with van der Waals surface area (Å²) in [6.45, 7) is 9.52. The molecule has 0 saturated carbocycles. The fourth-order valence-corrected chi connectivity index (χ4v) is 5.87. The summed E-state index contributed by atoms with van der Waals surface area (Å²) in [7, 11) is 0. The number of aromatic nitrogens is 5. The van der Waals surface area contributed by atoms with E-state index >= 15 is 4.39 Å². The molecule has 0 unspecified atom stereocenters. The van der Waals surface area contributed by atoms with E-state index in [4.69, 9.17) is 4.74 Å². The van der Waals surface area contributed by atoms with Gasteiger partial charge in [0.2, 0.25) is 0 Å². The summed E-state index contributed by atoms with van der Waals surface area (Å²) < 4.78 is 23.4. The molecule has 2 aliphatic heterocycles. The Hall–Kier alpha value is -3.04. The molecule has 0 amide bonds. The third kappa shape index (κ3) is 4.14. The van der Waals surface area contributed by atoms with Crippen molar-refractivity contribution in [3.8, 4) is 11.3 Å². The number of aryl methyl sites for hydroxylation is 1. The predicted molar refractivity (Wildman–Crippen MR) is 139 cm³/mol. The quantitative estimate of drug-likeness (QED) is 0.425. The zero-order chi connectivity index (χ0) is 24.8. The molecule has 6 rings (SSSR count). The molecular formula is C27H34FN7O. The molecule has 2 N–H and O–H groups in total. The van der Waals surface area contributed by atoms with Gasteiger partial charge in [-0.2, -0.15) is 5.10 Å². The Morgan fingerprint density at radius 2 is 1.86 bits per heavy atom. The van der Waals surface area contributed by atoms with Crippen molar-refractivity contribution in [1.29, 1.82) is 0 Å². The molecule has 190 valence electrons. The highest BCUT2D eigenvalue weighted by Crippen LogP contribution is 2.39. The van der Waals surface area contributed by atoms with Gasteiger partial charge in [0, 0.05) is 55.5 Å². The number of hydrogen-bond donors (Lipinski definition) is 2. The summed E-state index contributed by atoms with van der Waals surface area (Å²) >= 11 is 0. The topological polar surface area (TPSA) is 83.4 Å². The van der Waals surface area contributed by atoms with Crippen LogP contribution in [0, 0.1) is 12.7 Å². The maximum atomic E-state index is 16.2. The number of aromatic amines is 1. The fraction of sp³-hybridized carbons (Fsp3) is 0.519. The lowest BCUT2D eigenvalue weighted by Crippen LogP contribution is -2.48. The molecule has 0 spiro atoms. The number of ether oxygens (including phenoxy) is 1. The molecule has 2 fully saturated rings. The lowest BCUT2D eigenvalue weighted by molar-refractivity contribution is 0.0738. The van der Waals surface area contributed by atoms with Gasteiger partial charge in [-0.1, -0.05) is 13.8 Å². The first-order valence-corrected chi connectivity index (χ1v) is 13.1. The average molecular weight is 492 g/mol. The van der Waals surface area contributed by atoms with Crippen LogP contribution in [0.5, 0.6) is 0 Å². The van der Waals surface area contributed by atoms with E-state index in [1.54, 1.807) is 17.0 Å². The third-order valence-electron chi connectivity index (χ3n) is 7.71. The number of halogens is 1. The van der Waals surface area contributed by atoms with Gasteiger partial charge in [-0.3, -0.25) is 0 Å². The normalized spacial score (nSPS) is 18.2. The molecular weight excluding hydrogens is 457 g/mol. The average Bonchev–Trinajstić information content (AvgIpc) is 3.51. The molecule has 4 aromatic heterocycles. The van der Waals surface area contributed by atoms with Crippen LogP contribution in [-0.2, 0) is 4.74 Å². The first kappa shape index (κ1) is 23.4. The van der Waals surface area contributed by atoms with Gasteiger partial charge < -0.3 is 19.9 Å². The molecule has 0 aromatic carbocycles. The second-order valence-corrected chi connectivity index (χ2v) is 10.5. The molecule has 9 heteroatoms. The van der Waals surface area contributed by atoms with Crippen LogP contribution >= 0.6 is 0 Å². The zero-order valence-corrected chi connectivity index (χ0v) is 21.2. The minimum absolute atomic E-state index is 0.125. The van der Waals surface area contributed by atoms with Gasteiger partial charge in [0.05, 0.1) is 17.4 Å². The molecule has 6 heterocycles. The maximum Gasteiger partial charge on any atom is 0.175 e. The Balaban J connectivity index is 1.31. The number of anilines is 1.